The van der Waals surface area contributed by atoms with Crippen molar-refractivity contribution in [1.29, 1.82) is 0 Å². The van der Waals surface area contributed by atoms with E-state index < -0.39 is 0 Å². The van der Waals surface area contributed by atoms with Crippen LogP contribution in [0.1, 0.15) is 23.5 Å². The Bertz CT molecular complexity index is 918. The Hall–Kier alpha value is -3.15. The molecule has 0 unspecified atom stereocenters. The lowest BCUT2D eigenvalue weighted by atomic mass is 9.87. The van der Waals surface area contributed by atoms with Crippen LogP contribution in [0.4, 0.5) is 10.2 Å². The second kappa shape index (κ2) is 5.49. The second-order valence-corrected chi connectivity index (χ2v) is 5.74. The fraction of sp³-hybridized carbons (Fsp3) is 0.111. The minimum atomic E-state index is -0.332. The maximum Gasteiger partial charge on any atom is 0.226 e. The molecule has 2 aromatic carbocycles. The predicted octanol–water partition coefficient (Wildman–Crippen LogP) is 3.19. The van der Waals surface area contributed by atoms with E-state index in [2.05, 4.69) is 10.4 Å². The van der Waals surface area contributed by atoms with Crippen molar-refractivity contribution in [2.75, 3.05) is 5.32 Å². The molecule has 0 aliphatic carbocycles. The highest BCUT2D eigenvalue weighted by Crippen LogP contribution is 2.38. The number of phenolic OH excluding ortho intramolecular Hbond substituents is 1. The molecule has 3 aromatic rings. The van der Waals surface area contributed by atoms with Crippen LogP contribution in [-0.2, 0) is 4.79 Å². The molecule has 0 fully saturated rings. The van der Waals surface area contributed by atoms with Crippen molar-refractivity contribution in [1.82, 2.24) is 9.78 Å². The summed E-state index contributed by atoms with van der Waals surface area (Å²) >= 11 is 0. The molecule has 1 amide bonds. The summed E-state index contributed by atoms with van der Waals surface area (Å²) in [4.78, 5) is 12.2. The van der Waals surface area contributed by atoms with Gasteiger partial charge in [0.25, 0.3) is 0 Å². The first-order chi connectivity index (χ1) is 11.6. The highest BCUT2D eigenvalue weighted by atomic mass is 19.1. The summed E-state index contributed by atoms with van der Waals surface area (Å²) in [5.41, 5.74) is 2.38. The quantitative estimate of drug-likeness (QED) is 0.761. The molecular weight excluding hydrogens is 309 g/mol. The number of nitrogens with one attached hydrogen (secondary N) is 1. The minimum Gasteiger partial charge on any atom is -0.508 e. The number of phenols is 1. The van der Waals surface area contributed by atoms with Crippen LogP contribution in [0.3, 0.4) is 0 Å². The van der Waals surface area contributed by atoms with Gasteiger partial charge in [0.05, 0.1) is 11.9 Å². The first-order valence-electron chi connectivity index (χ1n) is 7.54. The van der Waals surface area contributed by atoms with Crippen LogP contribution in [0.2, 0.25) is 0 Å². The van der Waals surface area contributed by atoms with Crippen molar-refractivity contribution in [2.45, 2.75) is 12.3 Å². The molecule has 1 atom stereocenters. The third-order valence-corrected chi connectivity index (χ3v) is 4.16. The first-order valence-corrected chi connectivity index (χ1v) is 7.54. The topological polar surface area (TPSA) is 67.1 Å². The van der Waals surface area contributed by atoms with Crippen LogP contribution >= 0.6 is 0 Å². The Morgan fingerprint density at radius 3 is 2.75 bits per heavy atom. The zero-order valence-electron chi connectivity index (χ0n) is 12.6. The Kier molecular flexibility index (Phi) is 3.30. The van der Waals surface area contributed by atoms with Gasteiger partial charge in [-0.15, -0.1) is 0 Å². The van der Waals surface area contributed by atoms with Gasteiger partial charge in [-0.3, -0.25) is 4.79 Å². The normalized spacial score (nSPS) is 16.5. The number of anilines is 1. The van der Waals surface area contributed by atoms with E-state index >= 15 is 0 Å². The number of amides is 1. The molecule has 1 aliphatic rings. The van der Waals surface area contributed by atoms with E-state index in [1.165, 1.54) is 12.1 Å². The summed E-state index contributed by atoms with van der Waals surface area (Å²) in [6.45, 7) is 0. The van der Waals surface area contributed by atoms with Crippen molar-refractivity contribution in [3.8, 4) is 11.4 Å². The maximum absolute atomic E-state index is 13.1. The number of fused-ring (bicyclic) bond motifs is 1. The molecule has 2 N–H and O–H groups in total. The number of rotatable bonds is 2. The van der Waals surface area contributed by atoms with Gasteiger partial charge in [0.2, 0.25) is 5.91 Å². The van der Waals surface area contributed by atoms with E-state index in [9.17, 15) is 14.3 Å². The fourth-order valence-corrected chi connectivity index (χ4v) is 3.04. The lowest BCUT2D eigenvalue weighted by Gasteiger charge is -2.23. The van der Waals surface area contributed by atoms with Crippen molar-refractivity contribution in [2.24, 2.45) is 0 Å². The van der Waals surface area contributed by atoms with Crippen LogP contribution in [0, 0.1) is 5.82 Å². The number of hydrogen-bond donors (Lipinski definition) is 2. The molecule has 1 aliphatic heterocycles. The molecular formula is C18H14FN3O2. The van der Waals surface area contributed by atoms with Crippen LogP contribution in [0.25, 0.3) is 5.69 Å². The molecule has 4 rings (SSSR count). The molecule has 5 nitrogen and oxygen atoms in total. The predicted molar refractivity (Wildman–Crippen MR) is 86.7 cm³/mol. The lowest BCUT2D eigenvalue weighted by Crippen LogP contribution is -2.24. The van der Waals surface area contributed by atoms with Gasteiger partial charge < -0.3 is 10.4 Å². The molecule has 1 aromatic heterocycles. The minimum absolute atomic E-state index is 0.125. The molecule has 0 saturated carbocycles. The Morgan fingerprint density at radius 2 is 2.00 bits per heavy atom. The summed E-state index contributed by atoms with van der Waals surface area (Å²) < 4.78 is 14.7. The number of hydrogen-bond acceptors (Lipinski definition) is 3. The number of aromatic hydroxyl groups is 1. The number of nitrogens with zero attached hydrogens (tertiary/aromatic N) is 2. The van der Waals surface area contributed by atoms with Gasteiger partial charge in [0.15, 0.2) is 0 Å². The number of benzene rings is 2. The highest BCUT2D eigenvalue weighted by Gasteiger charge is 2.30. The van der Waals surface area contributed by atoms with E-state index in [0.29, 0.717) is 11.5 Å². The summed E-state index contributed by atoms with van der Waals surface area (Å²) in [7, 11) is 0. The van der Waals surface area contributed by atoms with Crippen LogP contribution in [-0.4, -0.2) is 20.8 Å². The van der Waals surface area contributed by atoms with Gasteiger partial charge in [-0.05, 0) is 42.0 Å². The Labute approximate surface area is 137 Å². The largest absolute Gasteiger partial charge is 0.508 e. The highest BCUT2D eigenvalue weighted by molar-refractivity contribution is 5.94. The zero-order valence-corrected chi connectivity index (χ0v) is 12.6. The average Bonchev–Trinajstić information content (AvgIpc) is 2.98. The van der Waals surface area contributed by atoms with E-state index in [-0.39, 0.29) is 29.8 Å². The van der Waals surface area contributed by atoms with Gasteiger partial charge >= 0.3 is 0 Å². The van der Waals surface area contributed by atoms with Gasteiger partial charge in [-0.25, -0.2) is 9.07 Å². The molecule has 0 bridgehead atoms. The van der Waals surface area contributed by atoms with Crippen molar-refractivity contribution in [3.63, 3.8) is 0 Å². The molecule has 120 valence electrons. The van der Waals surface area contributed by atoms with Gasteiger partial charge in [-0.1, -0.05) is 12.1 Å². The van der Waals surface area contributed by atoms with E-state index in [4.69, 9.17) is 0 Å². The summed E-state index contributed by atoms with van der Waals surface area (Å²) in [6.07, 6.45) is 1.98. The number of halogens is 1. The fourth-order valence-electron chi connectivity index (χ4n) is 3.04. The van der Waals surface area contributed by atoms with E-state index in [0.717, 1.165) is 11.1 Å². The summed E-state index contributed by atoms with van der Waals surface area (Å²) in [5.74, 6) is 0.0911. The smallest absolute Gasteiger partial charge is 0.226 e. The van der Waals surface area contributed by atoms with Crippen molar-refractivity contribution in [3.05, 3.63) is 71.7 Å². The first kappa shape index (κ1) is 14.4. The third kappa shape index (κ3) is 2.42. The van der Waals surface area contributed by atoms with E-state index in [1.54, 1.807) is 41.2 Å². The Morgan fingerprint density at radius 1 is 1.21 bits per heavy atom. The molecule has 0 spiro atoms. The molecule has 6 heteroatoms. The van der Waals surface area contributed by atoms with Gasteiger partial charge in [-0.2, -0.15) is 5.10 Å². The van der Waals surface area contributed by atoms with Gasteiger partial charge in [0.1, 0.15) is 17.4 Å². The van der Waals surface area contributed by atoms with Crippen LogP contribution < -0.4 is 5.32 Å². The molecule has 0 radical (unpaired) electrons. The standard InChI is InChI=1S/C18H14FN3O2/c19-12-4-6-13(7-5-12)22-18-16(10-20-22)15(9-17(24)21-18)11-2-1-3-14(23)8-11/h1-8,10,15,23H,9H2,(H,21,24)/t15-/m0/s1. The lowest BCUT2D eigenvalue weighted by molar-refractivity contribution is -0.116. The van der Waals surface area contributed by atoms with Crippen molar-refractivity contribution >= 4 is 11.7 Å². The SMILES string of the molecule is O=C1C[C@@H](c2cccc(O)c2)c2cnn(-c3ccc(F)cc3)c2N1. The number of carbonyl (C=O) groups is 1. The third-order valence-electron chi connectivity index (χ3n) is 4.16. The van der Waals surface area contributed by atoms with Crippen molar-refractivity contribution < 1.29 is 14.3 Å². The zero-order chi connectivity index (χ0) is 16.7. The molecule has 2 heterocycles. The molecule has 24 heavy (non-hydrogen) atoms. The van der Waals surface area contributed by atoms with E-state index in [1.807, 2.05) is 6.07 Å². The number of carbonyl (C=O) groups excluding carboxylic acids is 1. The summed E-state index contributed by atoms with van der Waals surface area (Å²) in [6, 6.07) is 12.8. The molecule has 0 saturated heterocycles. The Balaban J connectivity index is 1.81. The van der Waals surface area contributed by atoms with Gasteiger partial charge in [0, 0.05) is 17.9 Å². The number of aromatic nitrogens is 2. The second-order valence-electron chi connectivity index (χ2n) is 5.74. The van der Waals surface area contributed by atoms with Crippen LogP contribution in [0.5, 0.6) is 5.75 Å². The average molecular weight is 323 g/mol. The van der Waals surface area contributed by atoms with Crippen LogP contribution in [0.15, 0.2) is 54.7 Å². The maximum atomic E-state index is 13.1. The summed E-state index contributed by atoms with van der Waals surface area (Å²) in [5, 5.41) is 16.9. The monoisotopic (exact) mass is 323 g/mol.